The first kappa shape index (κ1) is 13.2. The van der Waals surface area contributed by atoms with Gasteiger partial charge in [0.1, 0.15) is 5.75 Å². The SMILES string of the molecule is FC(F)Oc1ccccc1CNC1CCCNC1. The van der Waals surface area contributed by atoms with Crippen molar-refractivity contribution < 1.29 is 13.5 Å². The minimum absolute atomic E-state index is 0.253. The first-order chi connectivity index (χ1) is 8.75. The topological polar surface area (TPSA) is 33.3 Å². The summed E-state index contributed by atoms with van der Waals surface area (Å²) in [6.45, 7) is -0.237. The zero-order chi connectivity index (χ0) is 12.8. The third kappa shape index (κ3) is 3.92. The first-order valence-electron chi connectivity index (χ1n) is 6.22. The molecular weight excluding hydrogens is 238 g/mol. The van der Waals surface area contributed by atoms with Crippen LogP contribution in [-0.4, -0.2) is 25.7 Å². The highest BCUT2D eigenvalue weighted by atomic mass is 19.3. The van der Waals surface area contributed by atoms with Gasteiger partial charge in [-0.05, 0) is 25.5 Å². The predicted octanol–water partition coefficient (Wildman–Crippen LogP) is 2.13. The molecule has 5 heteroatoms. The summed E-state index contributed by atoms with van der Waals surface area (Å²) in [7, 11) is 0. The Morgan fingerprint density at radius 3 is 2.94 bits per heavy atom. The van der Waals surface area contributed by atoms with Gasteiger partial charge in [-0.1, -0.05) is 18.2 Å². The number of halogens is 2. The number of para-hydroxylation sites is 1. The molecule has 2 rings (SSSR count). The van der Waals surface area contributed by atoms with Gasteiger partial charge in [-0.15, -0.1) is 0 Å². The van der Waals surface area contributed by atoms with Gasteiger partial charge in [0.25, 0.3) is 0 Å². The predicted molar refractivity (Wildman–Crippen MR) is 65.8 cm³/mol. The van der Waals surface area contributed by atoms with E-state index in [-0.39, 0.29) is 5.75 Å². The van der Waals surface area contributed by atoms with E-state index in [0.29, 0.717) is 12.6 Å². The Morgan fingerprint density at radius 2 is 2.22 bits per heavy atom. The van der Waals surface area contributed by atoms with E-state index >= 15 is 0 Å². The van der Waals surface area contributed by atoms with Crippen molar-refractivity contribution >= 4 is 0 Å². The Hall–Kier alpha value is -1.20. The number of nitrogens with one attached hydrogen (secondary N) is 2. The third-order valence-corrected chi connectivity index (χ3v) is 3.07. The molecule has 1 aromatic carbocycles. The van der Waals surface area contributed by atoms with Crippen LogP contribution in [0.1, 0.15) is 18.4 Å². The molecule has 1 unspecified atom stereocenters. The van der Waals surface area contributed by atoms with Crippen molar-refractivity contribution in [3.05, 3.63) is 29.8 Å². The van der Waals surface area contributed by atoms with Crippen LogP contribution < -0.4 is 15.4 Å². The molecule has 0 saturated carbocycles. The van der Waals surface area contributed by atoms with Gasteiger partial charge in [-0.2, -0.15) is 8.78 Å². The molecule has 2 N–H and O–H groups in total. The zero-order valence-corrected chi connectivity index (χ0v) is 10.2. The molecule has 0 aromatic heterocycles. The molecule has 1 aliphatic heterocycles. The van der Waals surface area contributed by atoms with Gasteiger partial charge in [-0.3, -0.25) is 0 Å². The summed E-state index contributed by atoms with van der Waals surface area (Å²) in [5.74, 6) is 0.253. The van der Waals surface area contributed by atoms with Crippen molar-refractivity contribution in [2.75, 3.05) is 13.1 Å². The molecule has 100 valence electrons. The Kier molecular flexibility index (Phi) is 4.90. The van der Waals surface area contributed by atoms with Gasteiger partial charge < -0.3 is 15.4 Å². The molecule has 0 spiro atoms. The number of piperidine rings is 1. The van der Waals surface area contributed by atoms with Crippen molar-refractivity contribution in [3.8, 4) is 5.75 Å². The van der Waals surface area contributed by atoms with Crippen LogP contribution in [0.5, 0.6) is 5.75 Å². The van der Waals surface area contributed by atoms with Gasteiger partial charge >= 0.3 is 6.61 Å². The molecule has 3 nitrogen and oxygen atoms in total. The van der Waals surface area contributed by atoms with Crippen molar-refractivity contribution in [2.24, 2.45) is 0 Å². The molecule has 0 bridgehead atoms. The summed E-state index contributed by atoms with van der Waals surface area (Å²) < 4.78 is 29.0. The van der Waals surface area contributed by atoms with Gasteiger partial charge in [0.05, 0.1) is 0 Å². The summed E-state index contributed by atoms with van der Waals surface area (Å²) >= 11 is 0. The Labute approximate surface area is 106 Å². The fraction of sp³-hybridized carbons (Fsp3) is 0.538. The molecule has 0 amide bonds. The molecule has 1 heterocycles. The quantitative estimate of drug-likeness (QED) is 0.846. The molecule has 18 heavy (non-hydrogen) atoms. The van der Waals surface area contributed by atoms with E-state index in [1.165, 1.54) is 0 Å². The normalized spacial score (nSPS) is 20.1. The standard InChI is InChI=1S/C13H18F2N2O/c14-13(15)18-12-6-2-1-4-10(12)8-17-11-5-3-7-16-9-11/h1-2,4,6,11,13,16-17H,3,5,7-9H2. The van der Waals surface area contributed by atoms with E-state index in [4.69, 9.17) is 0 Å². The van der Waals surface area contributed by atoms with Crippen LogP contribution in [0.4, 0.5) is 8.78 Å². The first-order valence-corrected chi connectivity index (χ1v) is 6.22. The van der Waals surface area contributed by atoms with E-state index in [2.05, 4.69) is 15.4 Å². The van der Waals surface area contributed by atoms with Crippen LogP contribution >= 0.6 is 0 Å². The second kappa shape index (κ2) is 6.66. The van der Waals surface area contributed by atoms with E-state index < -0.39 is 6.61 Å². The second-order valence-corrected chi connectivity index (χ2v) is 4.41. The fourth-order valence-electron chi connectivity index (χ4n) is 2.14. The fourth-order valence-corrected chi connectivity index (χ4v) is 2.14. The van der Waals surface area contributed by atoms with Gasteiger partial charge in [0, 0.05) is 24.7 Å². The van der Waals surface area contributed by atoms with E-state index in [1.807, 2.05) is 6.07 Å². The lowest BCUT2D eigenvalue weighted by Gasteiger charge is -2.24. The maximum atomic E-state index is 12.2. The smallest absolute Gasteiger partial charge is 0.387 e. The van der Waals surface area contributed by atoms with E-state index in [9.17, 15) is 8.78 Å². The minimum Gasteiger partial charge on any atom is -0.434 e. The molecule has 1 aromatic rings. The second-order valence-electron chi connectivity index (χ2n) is 4.41. The average molecular weight is 256 g/mol. The number of benzene rings is 1. The van der Waals surface area contributed by atoms with Crippen LogP contribution in [0.3, 0.4) is 0 Å². The summed E-state index contributed by atoms with van der Waals surface area (Å²) in [5.41, 5.74) is 0.767. The van der Waals surface area contributed by atoms with E-state index in [0.717, 1.165) is 31.5 Å². The number of alkyl halides is 2. The number of hydrogen-bond acceptors (Lipinski definition) is 3. The van der Waals surface area contributed by atoms with Crippen molar-refractivity contribution in [3.63, 3.8) is 0 Å². The van der Waals surface area contributed by atoms with Crippen molar-refractivity contribution in [1.82, 2.24) is 10.6 Å². The van der Waals surface area contributed by atoms with Crippen molar-refractivity contribution in [1.29, 1.82) is 0 Å². The molecule has 1 saturated heterocycles. The molecule has 1 fully saturated rings. The monoisotopic (exact) mass is 256 g/mol. The van der Waals surface area contributed by atoms with Crippen molar-refractivity contribution in [2.45, 2.75) is 32.0 Å². The van der Waals surface area contributed by atoms with Gasteiger partial charge in [0.2, 0.25) is 0 Å². The lowest BCUT2D eigenvalue weighted by Crippen LogP contribution is -2.42. The molecule has 1 aliphatic rings. The molecule has 1 atom stereocenters. The number of rotatable bonds is 5. The molecule has 0 aliphatic carbocycles. The van der Waals surface area contributed by atoms with Crippen LogP contribution in [0.25, 0.3) is 0 Å². The van der Waals surface area contributed by atoms with Gasteiger partial charge in [-0.25, -0.2) is 0 Å². The largest absolute Gasteiger partial charge is 0.434 e. The molecule has 0 radical (unpaired) electrons. The maximum Gasteiger partial charge on any atom is 0.387 e. The van der Waals surface area contributed by atoms with Gasteiger partial charge in [0.15, 0.2) is 0 Å². The molecular formula is C13H18F2N2O. The van der Waals surface area contributed by atoms with Crippen LogP contribution in [0.2, 0.25) is 0 Å². The van der Waals surface area contributed by atoms with Crippen LogP contribution in [0.15, 0.2) is 24.3 Å². The zero-order valence-electron chi connectivity index (χ0n) is 10.2. The minimum atomic E-state index is -2.78. The number of ether oxygens (including phenoxy) is 1. The lowest BCUT2D eigenvalue weighted by atomic mass is 10.1. The Balaban J connectivity index is 1.91. The maximum absolute atomic E-state index is 12.2. The van der Waals surface area contributed by atoms with E-state index in [1.54, 1.807) is 18.2 Å². The number of hydrogen-bond donors (Lipinski definition) is 2. The van der Waals surface area contributed by atoms with Crippen LogP contribution in [-0.2, 0) is 6.54 Å². The summed E-state index contributed by atoms with van der Waals surface area (Å²) in [4.78, 5) is 0. The third-order valence-electron chi connectivity index (χ3n) is 3.07. The highest BCUT2D eigenvalue weighted by Gasteiger charge is 2.14. The highest BCUT2D eigenvalue weighted by Crippen LogP contribution is 2.20. The lowest BCUT2D eigenvalue weighted by molar-refractivity contribution is -0.0505. The summed E-state index contributed by atoms with van der Waals surface area (Å²) in [6, 6.07) is 7.31. The highest BCUT2D eigenvalue weighted by molar-refractivity contribution is 5.33. The Morgan fingerprint density at radius 1 is 1.39 bits per heavy atom. The van der Waals surface area contributed by atoms with Crippen LogP contribution in [0, 0.1) is 0 Å². The summed E-state index contributed by atoms with van der Waals surface area (Å²) in [5, 5.41) is 6.67. The summed E-state index contributed by atoms with van der Waals surface area (Å²) in [6.07, 6.45) is 2.26. The Bertz CT molecular complexity index is 368. The average Bonchev–Trinajstić information content (AvgIpc) is 2.38.